The zero-order chi connectivity index (χ0) is 17.5. The SMILES string of the molecule is COc1cc(C=Nc2ccc(F)cc2F)ccc1OCCC(C)C. The number of benzene rings is 2. The van der Waals surface area contributed by atoms with E-state index in [1.807, 2.05) is 0 Å². The summed E-state index contributed by atoms with van der Waals surface area (Å²) >= 11 is 0. The molecule has 0 fully saturated rings. The van der Waals surface area contributed by atoms with Gasteiger partial charge in [-0.1, -0.05) is 13.8 Å². The minimum atomic E-state index is -0.702. The predicted octanol–water partition coefficient (Wildman–Crippen LogP) is 5.15. The van der Waals surface area contributed by atoms with Gasteiger partial charge in [0.15, 0.2) is 17.3 Å². The second-order valence-corrected chi connectivity index (χ2v) is 5.80. The number of hydrogen-bond donors (Lipinski definition) is 0. The molecular formula is C19H21F2NO2. The quantitative estimate of drug-likeness (QED) is 0.656. The smallest absolute Gasteiger partial charge is 0.161 e. The topological polar surface area (TPSA) is 30.8 Å². The fourth-order valence-corrected chi connectivity index (χ4v) is 2.02. The van der Waals surface area contributed by atoms with Crippen LogP contribution in [0.5, 0.6) is 11.5 Å². The molecule has 0 saturated carbocycles. The Morgan fingerprint density at radius 1 is 1.08 bits per heavy atom. The summed E-state index contributed by atoms with van der Waals surface area (Å²) in [6, 6.07) is 8.62. The van der Waals surface area contributed by atoms with Crippen molar-refractivity contribution in [3.63, 3.8) is 0 Å². The summed E-state index contributed by atoms with van der Waals surface area (Å²) < 4.78 is 37.5. The van der Waals surface area contributed by atoms with Crippen molar-refractivity contribution in [2.24, 2.45) is 10.9 Å². The monoisotopic (exact) mass is 333 g/mol. The number of halogens is 2. The van der Waals surface area contributed by atoms with Gasteiger partial charge in [-0.3, -0.25) is 4.99 Å². The third-order valence-electron chi connectivity index (χ3n) is 3.40. The van der Waals surface area contributed by atoms with Crippen LogP contribution in [0.1, 0.15) is 25.8 Å². The Morgan fingerprint density at radius 3 is 2.54 bits per heavy atom. The van der Waals surface area contributed by atoms with Gasteiger partial charge in [0.05, 0.1) is 19.4 Å². The number of nitrogens with zero attached hydrogens (tertiary/aromatic N) is 1. The molecule has 0 aliphatic heterocycles. The van der Waals surface area contributed by atoms with E-state index in [2.05, 4.69) is 18.8 Å². The predicted molar refractivity (Wildman–Crippen MR) is 91.6 cm³/mol. The Morgan fingerprint density at radius 2 is 1.88 bits per heavy atom. The molecule has 0 saturated heterocycles. The maximum atomic E-state index is 13.6. The van der Waals surface area contributed by atoms with Crippen LogP contribution < -0.4 is 9.47 Å². The van der Waals surface area contributed by atoms with Crippen LogP contribution >= 0.6 is 0 Å². The average Bonchev–Trinajstić information content (AvgIpc) is 2.54. The minimum Gasteiger partial charge on any atom is -0.493 e. The highest BCUT2D eigenvalue weighted by Crippen LogP contribution is 2.28. The van der Waals surface area contributed by atoms with Crippen molar-refractivity contribution in [1.29, 1.82) is 0 Å². The Bertz CT molecular complexity index is 715. The zero-order valence-corrected chi connectivity index (χ0v) is 14.1. The van der Waals surface area contributed by atoms with Gasteiger partial charge >= 0.3 is 0 Å². The second-order valence-electron chi connectivity index (χ2n) is 5.80. The number of hydrogen-bond acceptors (Lipinski definition) is 3. The van der Waals surface area contributed by atoms with Gasteiger partial charge in [-0.2, -0.15) is 0 Å². The van der Waals surface area contributed by atoms with E-state index < -0.39 is 11.6 Å². The summed E-state index contributed by atoms with van der Waals surface area (Å²) in [5.74, 6) is 0.474. The summed E-state index contributed by atoms with van der Waals surface area (Å²) in [6.45, 7) is 4.88. The van der Waals surface area contributed by atoms with Gasteiger partial charge in [0.1, 0.15) is 5.82 Å². The fraction of sp³-hybridized carbons (Fsp3) is 0.316. The van der Waals surface area contributed by atoms with Crippen molar-refractivity contribution in [3.8, 4) is 11.5 Å². The normalized spacial score (nSPS) is 11.2. The van der Waals surface area contributed by atoms with Gasteiger partial charge < -0.3 is 9.47 Å². The fourth-order valence-electron chi connectivity index (χ4n) is 2.02. The van der Waals surface area contributed by atoms with Crippen LogP contribution in [0, 0.1) is 17.6 Å². The maximum absolute atomic E-state index is 13.6. The molecule has 2 rings (SSSR count). The number of methoxy groups -OCH3 is 1. The van der Waals surface area contributed by atoms with E-state index in [1.54, 1.807) is 25.3 Å². The molecule has 24 heavy (non-hydrogen) atoms. The van der Waals surface area contributed by atoms with Gasteiger partial charge in [0.2, 0.25) is 0 Å². The van der Waals surface area contributed by atoms with Crippen molar-refractivity contribution >= 4 is 11.9 Å². The molecule has 0 N–H and O–H groups in total. The Kier molecular flexibility index (Phi) is 6.29. The van der Waals surface area contributed by atoms with Gasteiger partial charge in [0.25, 0.3) is 0 Å². The summed E-state index contributed by atoms with van der Waals surface area (Å²) in [6.07, 6.45) is 2.45. The number of ether oxygens (including phenoxy) is 2. The van der Waals surface area contributed by atoms with Crippen LogP contribution in [0.25, 0.3) is 0 Å². The Balaban J connectivity index is 2.12. The van der Waals surface area contributed by atoms with Crippen LogP contribution in [0.4, 0.5) is 14.5 Å². The Labute approximate surface area is 140 Å². The van der Waals surface area contributed by atoms with E-state index in [-0.39, 0.29) is 5.69 Å². The van der Waals surface area contributed by atoms with E-state index in [1.165, 1.54) is 18.3 Å². The van der Waals surface area contributed by atoms with Crippen LogP contribution in [0.15, 0.2) is 41.4 Å². The van der Waals surface area contributed by atoms with Gasteiger partial charge in [-0.25, -0.2) is 8.78 Å². The lowest BCUT2D eigenvalue weighted by atomic mass is 10.1. The summed E-state index contributed by atoms with van der Waals surface area (Å²) in [4.78, 5) is 4.04. The summed E-state index contributed by atoms with van der Waals surface area (Å²) in [5, 5.41) is 0. The molecule has 0 spiro atoms. The molecule has 0 aromatic heterocycles. The molecular weight excluding hydrogens is 312 g/mol. The van der Waals surface area contributed by atoms with Gasteiger partial charge in [0, 0.05) is 12.3 Å². The van der Waals surface area contributed by atoms with Crippen LogP contribution in [-0.4, -0.2) is 19.9 Å². The molecule has 2 aromatic carbocycles. The largest absolute Gasteiger partial charge is 0.493 e. The first-order chi connectivity index (χ1) is 11.5. The Hall–Kier alpha value is -2.43. The van der Waals surface area contributed by atoms with Gasteiger partial charge in [-0.05, 0) is 48.2 Å². The molecule has 0 unspecified atom stereocenters. The molecule has 2 aromatic rings. The molecule has 0 heterocycles. The highest BCUT2D eigenvalue weighted by atomic mass is 19.1. The number of rotatable bonds is 7. The summed E-state index contributed by atoms with van der Waals surface area (Å²) in [7, 11) is 1.56. The molecule has 0 amide bonds. The van der Waals surface area contributed by atoms with E-state index in [9.17, 15) is 8.78 Å². The lowest BCUT2D eigenvalue weighted by Gasteiger charge is -2.12. The van der Waals surface area contributed by atoms with E-state index in [0.717, 1.165) is 18.1 Å². The number of aliphatic imine (C=N–C) groups is 1. The summed E-state index contributed by atoms with van der Waals surface area (Å²) in [5.41, 5.74) is 0.805. The minimum absolute atomic E-state index is 0.0765. The van der Waals surface area contributed by atoms with E-state index >= 15 is 0 Å². The molecule has 0 radical (unpaired) electrons. The van der Waals surface area contributed by atoms with Crippen LogP contribution in [0.2, 0.25) is 0 Å². The third-order valence-corrected chi connectivity index (χ3v) is 3.40. The van der Waals surface area contributed by atoms with Crippen molar-refractivity contribution in [2.45, 2.75) is 20.3 Å². The first-order valence-electron chi connectivity index (χ1n) is 7.79. The van der Waals surface area contributed by atoms with Crippen LogP contribution in [0.3, 0.4) is 0 Å². The van der Waals surface area contributed by atoms with E-state index in [0.29, 0.717) is 24.0 Å². The highest BCUT2D eigenvalue weighted by molar-refractivity contribution is 5.83. The second kappa shape index (κ2) is 8.43. The van der Waals surface area contributed by atoms with E-state index in [4.69, 9.17) is 9.47 Å². The lowest BCUT2D eigenvalue weighted by molar-refractivity contribution is 0.273. The molecule has 5 heteroatoms. The van der Waals surface area contributed by atoms with Crippen molar-refractivity contribution in [1.82, 2.24) is 0 Å². The highest BCUT2D eigenvalue weighted by Gasteiger charge is 2.06. The third kappa shape index (κ3) is 5.05. The molecule has 0 aliphatic carbocycles. The van der Waals surface area contributed by atoms with Crippen LogP contribution in [-0.2, 0) is 0 Å². The molecule has 3 nitrogen and oxygen atoms in total. The molecule has 128 valence electrons. The van der Waals surface area contributed by atoms with Crippen molar-refractivity contribution in [2.75, 3.05) is 13.7 Å². The standard InChI is InChI=1S/C19H21F2NO2/c1-13(2)8-9-24-18-7-4-14(10-19(18)23-3)12-22-17-6-5-15(20)11-16(17)21/h4-7,10-13H,8-9H2,1-3H3. The molecule has 0 aliphatic rings. The zero-order valence-electron chi connectivity index (χ0n) is 14.1. The van der Waals surface area contributed by atoms with Crippen molar-refractivity contribution in [3.05, 3.63) is 53.6 Å². The van der Waals surface area contributed by atoms with Crippen molar-refractivity contribution < 1.29 is 18.3 Å². The molecule has 0 bridgehead atoms. The average molecular weight is 333 g/mol. The van der Waals surface area contributed by atoms with Gasteiger partial charge in [-0.15, -0.1) is 0 Å². The first kappa shape index (κ1) is 17.9. The maximum Gasteiger partial charge on any atom is 0.161 e. The molecule has 0 atom stereocenters. The lowest BCUT2D eigenvalue weighted by Crippen LogP contribution is -2.03. The first-order valence-corrected chi connectivity index (χ1v) is 7.79.